The third-order valence-electron chi connectivity index (χ3n) is 3.51. The van der Waals surface area contributed by atoms with Crippen LogP contribution in [0.3, 0.4) is 0 Å². The molecule has 4 nitrogen and oxygen atoms in total. The SMILES string of the molecule is O=C(NCCCc1c[nH]c2ccccc12)c1cccnc1. The van der Waals surface area contributed by atoms with Gasteiger partial charge in [-0.3, -0.25) is 9.78 Å². The Hall–Kier alpha value is -2.62. The number of aromatic amines is 1. The molecule has 0 aliphatic heterocycles. The highest BCUT2D eigenvalue weighted by Crippen LogP contribution is 2.18. The molecule has 0 spiro atoms. The van der Waals surface area contributed by atoms with Crippen LogP contribution in [0.25, 0.3) is 10.9 Å². The third-order valence-corrected chi connectivity index (χ3v) is 3.51. The smallest absolute Gasteiger partial charge is 0.252 e. The second-order valence-corrected chi connectivity index (χ2v) is 4.96. The van der Waals surface area contributed by atoms with Gasteiger partial charge in [-0.15, -0.1) is 0 Å². The first-order valence-corrected chi connectivity index (χ1v) is 7.08. The zero-order valence-corrected chi connectivity index (χ0v) is 11.7. The molecular weight excluding hydrogens is 262 g/mol. The largest absolute Gasteiger partial charge is 0.361 e. The summed E-state index contributed by atoms with van der Waals surface area (Å²) < 4.78 is 0. The average molecular weight is 279 g/mol. The van der Waals surface area contributed by atoms with E-state index in [1.165, 1.54) is 10.9 Å². The van der Waals surface area contributed by atoms with Gasteiger partial charge < -0.3 is 10.3 Å². The van der Waals surface area contributed by atoms with Crippen molar-refractivity contribution >= 4 is 16.8 Å². The van der Waals surface area contributed by atoms with E-state index in [4.69, 9.17) is 0 Å². The van der Waals surface area contributed by atoms with E-state index < -0.39 is 0 Å². The molecule has 0 saturated heterocycles. The number of aryl methyl sites for hydroxylation is 1. The van der Waals surface area contributed by atoms with Gasteiger partial charge in [0.15, 0.2) is 0 Å². The second-order valence-electron chi connectivity index (χ2n) is 4.96. The number of nitrogens with one attached hydrogen (secondary N) is 2. The Morgan fingerprint density at radius 1 is 1.19 bits per heavy atom. The van der Waals surface area contributed by atoms with Crippen molar-refractivity contribution in [2.24, 2.45) is 0 Å². The van der Waals surface area contributed by atoms with E-state index in [1.54, 1.807) is 24.5 Å². The van der Waals surface area contributed by atoms with Crippen LogP contribution in [0, 0.1) is 0 Å². The van der Waals surface area contributed by atoms with E-state index in [1.807, 2.05) is 18.3 Å². The first kappa shape index (κ1) is 13.4. The Balaban J connectivity index is 1.52. The van der Waals surface area contributed by atoms with Crippen LogP contribution in [0.2, 0.25) is 0 Å². The molecule has 1 amide bonds. The van der Waals surface area contributed by atoms with Gasteiger partial charge in [0.2, 0.25) is 0 Å². The highest BCUT2D eigenvalue weighted by molar-refractivity contribution is 5.93. The normalized spacial score (nSPS) is 10.7. The van der Waals surface area contributed by atoms with Gasteiger partial charge in [0, 0.05) is 36.0 Å². The van der Waals surface area contributed by atoms with Gasteiger partial charge in [-0.05, 0) is 36.6 Å². The fraction of sp³-hybridized carbons (Fsp3) is 0.176. The van der Waals surface area contributed by atoms with Crippen molar-refractivity contribution in [2.75, 3.05) is 6.54 Å². The molecule has 3 aromatic rings. The van der Waals surface area contributed by atoms with Gasteiger partial charge in [-0.1, -0.05) is 18.2 Å². The number of hydrogen-bond acceptors (Lipinski definition) is 2. The molecule has 2 N–H and O–H groups in total. The zero-order chi connectivity index (χ0) is 14.5. The minimum absolute atomic E-state index is 0.0676. The molecule has 2 aromatic heterocycles. The molecule has 21 heavy (non-hydrogen) atoms. The maximum absolute atomic E-state index is 11.9. The molecule has 2 heterocycles. The van der Waals surface area contributed by atoms with E-state index in [0.717, 1.165) is 18.4 Å². The van der Waals surface area contributed by atoms with Crippen LogP contribution in [0.5, 0.6) is 0 Å². The molecule has 0 aliphatic carbocycles. The number of amides is 1. The van der Waals surface area contributed by atoms with Crippen molar-refractivity contribution in [2.45, 2.75) is 12.8 Å². The number of fused-ring (bicyclic) bond motifs is 1. The molecule has 0 bridgehead atoms. The molecular formula is C17H17N3O. The minimum atomic E-state index is -0.0676. The fourth-order valence-corrected chi connectivity index (χ4v) is 2.42. The van der Waals surface area contributed by atoms with Gasteiger partial charge in [-0.2, -0.15) is 0 Å². The maximum atomic E-state index is 11.9. The summed E-state index contributed by atoms with van der Waals surface area (Å²) in [6, 6.07) is 11.8. The number of para-hydroxylation sites is 1. The molecule has 106 valence electrons. The average Bonchev–Trinajstić information content (AvgIpc) is 2.95. The number of benzene rings is 1. The molecule has 0 fully saturated rings. The van der Waals surface area contributed by atoms with Crippen molar-refractivity contribution < 1.29 is 4.79 Å². The Morgan fingerprint density at radius 2 is 2.10 bits per heavy atom. The fourth-order valence-electron chi connectivity index (χ4n) is 2.42. The highest BCUT2D eigenvalue weighted by atomic mass is 16.1. The predicted molar refractivity (Wildman–Crippen MR) is 83.2 cm³/mol. The van der Waals surface area contributed by atoms with E-state index in [0.29, 0.717) is 12.1 Å². The molecule has 1 aromatic carbocycles. The number of H-pyrrole nitrogens is 1. The Labute approximate surface area is 123 Å². The number of nitrogens with zero attached hydrogens (tertiary/aromatic N) is 1. The molecule has 0 radical (unpaired) electrons. The van der Waals surface area contributed by atoms with Gasteiger partial charge >= 0.3 is 0 Å². The van der Waals surface area contributed by atoms with E-state index in [2.05, 4.69) is 27.4 Å². The highest BCUT2D eigenvalue weighted by Gasteiger charge is 2.05. The van der Waals surface area contributed by atoms with Crippen LogP contribution < -0.4 is 5.32 Å². The second kappa shape index (κ2) is 6.22. The summed E-state index contributed by atoms with van der Waals surface area (Å²) in [6.07, 6.45) is 7.14. The summed E-state index contributed by atoms with van der Waals surface area (Å²) in [4.78, 5) is 19.1. The maximum Gasteiger partial charge on any atom is 0.252 e. The van der Waals surface area contributed by atoms with Crippen molar-refractivity contribution in [1.29, 1.82) is 0 Å². The number of carbonyl (C=O) groups excluding carboxylic acids is 1. The monoisotopic (exact) mass is 279 g/mol. The topological polar surface area (TPSA) is 57.8 Å². The third kappa shape index (κ3) is 3.11. The van der Waals surface area contributed by atoms with Crippen molar-refractivity contribution in [3.63, 3.8) is 0 Å². The molecule has 4 heteroatoms. The van der Waals surface area contributed by atoms with Crippen molar-refractivity contribution in [3.05, 3.63) is 66.1 Å². The Kier molecular flexibility index (Phi) is 3.96. The van der Waals surface area contributed by atoms with Crippen LogP contribution in [0.15, 0.2) is 55.0 Å². The Bertz CT molecular complexity index is 734. The number of carbonyl (C=O) groups is 1. The Morgan fingerprint density at radius 3 is 2.95 bits per heavy atom. The molecule has 0 saturated carbocycles. The summed E-state index contributed by atoms with van der Waals surface area (Å²) in [5, 5.41) is 4.18. The van der Waals surface area contributed by atoms with Crippen LogP contribution >= 0.6 is 0 Å². The van der Waals surface area contributed by atoms with Gasteiger partial charge in [0.1, 0.15) is 0 Å². The molecule has 0 atom stereocenters. The van der Waals surface area contributed by atoms with Crippen LogP contribution in [-0.4, -0.2) is 22.4 Å². The van der Waals surface area contributed by atoms with E-state index in [-0.39, 0.29) is 5.91 Å². The zero-order valence-electron chi connectivity index (χ0n) is 11.7. The van der Waals surface area contributed by atoms with E-state index >= 15 is 0 Å². The van der Waals surface area contributed by atoms with Crippen molar-refractivity contribution in [3.8, 4) is 0 Å². The lowest BCUT2D eigenvalue weighted by atomic mass is 10.1. The van der Waals surface area contributed by atoms with Gasteiger partial charge in [-0.25, -0.2) is 0 Å². The summed E-state index contributed by atoms with van der Waals surface area (Å²) in [7, 11) is 0. The quantitative estimate of drug-likeness (QED) is 0.705. The van der Waals surface area contributed by atoms with Crippen molar-refractivity contribution in [1.82, 2.24) is 15.3 Å². The number of rotatable bonds is 5. The van der Waals surface area contributed by atoms with Gasteiger partial charge in [0.25, 0.3) is 5.91 Å². The van der Waals surface area contributed by atoms with E-state index in [9.17, 15) is 4.79 Å². The minimum Gasteiger partial charge on any atom is -0.361 e. The lowest BCUT2D eigenvalue weighted by molar-refractivity contribution is 0.0953. The first-order valence-electron chi connectivity index (χ1n) is 7.08. The lowest BCUT2D eigenvalue weighted by Crippen LogP contribution is -2.24. The molecule has 0 aliphatic rings. The standard InChI is InChI=1S/C17H17N3O/c21-17(14-6-3-9-18-11-14)19-10-4-5-13-12-20-16-8-2-1-7-15(13)16/h1-3,6-9,11-12,20H,4-5,10H2,(H,19,21). The summed E-state index contributed by atoms with van der Waals surface area (Å²) in [5.74, 6) is -0.0676. The number of pyridine rings is 1. The number of aromatic nitrogens is 2. The number of hydrogen-bond donors (Lipinski definition) is 2. The van der Waals surface area contributed by atoms with Gasteiger partial charge in [0.05, 0.1) is 5.56 Å². The first-order chi connectivity index (χ1) is 10.3. The summed E-state index contributed by atoms with van der Waals surface area (Å²) >= 11 is 0. The summed E-state index contributed by atoms with van der Waals surface area (Å²) in [6.45, 7) is 0.660. The summed E-state index contributed by atoms with van der Waals surface area (Å²) in [5.41, 5.74) is 3.05. The van der Waals surface area contributed by atoms with Crippen LogP contribution in [0.1, 0.15) is 22.3 Å². The molecule has 3 rings (SSSR count). The van der Waals surface area contributed by atoms with Crippen LogP contribution in [0.4, 0.5) is 0 Å². The van der Waals surface area contributed by atoms with Crippen LogP contribution in [-0.2, 0) is 6.42 Å². The molecule has 0 unspecified atom stereocenters. The predicted octanol–water partition coefficient (Wildman–Crippen LogP) is 2.93. The lowest BCUT2D eigenvalue weighted by Gasteiger charge is -2.04.